The van der Waals surface area contributed by atoms with Crippen LogP contribution in [0.25, 0.3) is 0 Å². The van der Waals surface area contributed by atoms with Gasteiger partial charge in [0, 0.05) is 45.2 Å². The third kappa shape index (κ3) is 5.95. The second-order valence-electron chi connectivity index (χ2n) is 9.62. The second-order valence-corrected chi connectivity index (χ2v) is 11.5. The van der Waals surface area contributed by atoms with Crippen molar-refractivity contribution in [3.05, 3.63) is 90.0 Å². The summed E-state index contributed by atoms with van der Waals surface area (Å²) in [5.41, 5.74) is 2.98. The molecular formula is C29H33N3O5S. The average molecular weight is 536 g/mol. The van der Waals surface area contributed by atoms with Crippen LogP contribution in [0, 0.1) is 0 Å². The first-order valence-electron chi connectivity index (χ1n) is 12.9. The summed E-state index contributed by atoms with van der Waals surface area (Å²) in [5.74, 6) is 1.17. The number of ether oxygens (including phenoxy) is 2. The maximum absolute atomic E-state index is 13.0. The van der Waals surface area contributed by atoms with E-state index in [1.54, 1.807) is 18.2 Å². The monoisotopic (exact) mass is 535 g/mol. The van der Waals surface area contributed by atoms with E-state index in [1.165, 1.54) is 21.7 Å². The smallest absolute Gasteiger partial charge is 0.232 e. The standard InChI is InChI=1S/C29H33N3O5S/c1-38(34,35)32(25-14-15-26-27(21-25)37-22-36-26)16-8-13-28(33)30-17-19-31(20-18-30)29(23-9-4-2-5-10-23)24-11-6-3-7-12-24/h2-7,9-12,14-15,21,29H,8,13,16-20,22H2,1H3. The second kappa shape index (κ2) is 11.4. The predicted octanol–water partition coefficient (Wildman–Crippen LogP) is 3.90. The number of carbonyl (C=O) groups is 1. The van der Waals surface area contributed by atoms with Crippen LogP contribution in [0.4, 0.5) is 5.69 Å². The lowest BCUT2D eigenvalue weighted by atomic mass is 9.96. The number of carbonyl (C=O) groups excluding carboxylic acids is 1. The summed E-state index contributed by atoms with van der Waals surface area (Å²) in [6.07, 6.45) is 1.89. The number of hydrogen-bond acceptors (Lipinski definition) is 6. The Morgan fingerprint density at radius 1 is 0.868 bits per heavy atom. The molecule has 0 N–H and O–H groups in total. The molecule has 0 unspecified atom stereocenters. The van der Waals surface area contributed by atoms with Crippen LogP contribution < -0.4 is 13.8 Å². The molecule has 3 aromatic carbocycles. The molecule has 9 heteroatoms. The van der Waals surface area contributed by atoms with E-state index in [0.29, 0.717) is 36.7 Å². The molecule has 3 aromatic rings. The van der Waals surface area contributed by atoms with E-state index in [-0.39, 0.29) is 31.7 Å². The highest BCUT2D eigenvalue weighted by Crippen LogP contribution is 2.36. The molecule has 2 aliphatic rings. The van der Waals surface area contributed by atoms with E-state index >= 15 is 0 Å². The van der Waals surface area contributed by atoms with Gasteiger partial charge in [-0.05, 0) is 29.7 Å². The maximum Gasteiger partial charge on any atom is 0.232 e. The zero-order valence-electron chi connectivity index (χ0n) is 21.5. The van der Waals surface area contributed by atoms with Gasteiger partial charge in [-0.3, -0.25) is 14.0 Å². The molecule has 1 saturated heterocycles. The summed E-state index contributed by atoms with van der Waals surface area (Å²) >= 11 is 0. The number of hydrogen-bond donors (Lipinski definition) is 0. The van der Waals surface area contributed by atoms with Crippen molar-refractivity contribution in [2.75, 3.05) is 50.1 Å². The van der Waals surface area contributed by atoms with Crippen molar-refractivity contribution in [3.8, 4) is 11.5 Å². The Balaban J connectivity index is 1.18. The van der Waals surface area contributed by atoms with Crippen LogP contribution in [0.2, 0.25) is 0 Å². The van der Waals surface area contributed by atoms with Crippen molar-refractivity contribution >= 4 is 21.6 Å². The van der Waals surface area contributed by atoms with E-state index in [0.717, 1.165) is 13.1 Å². The Kier molecular flexibility index (Phi) is 7.85. The van der Waals surface area contributed by atoms with Crippen molar-refractivity contribution in [2.45, 2.75) is 18.9 Å². The normalized spacial score (nSPS) is 15.6. The van der Waals surface area contributed by atoms with Crippen LogP contribution in [0.5, 0.6) is 11.5 Å². The zero-order valence-corrected chi connectivity index (χ0v) is 22.3. The molecule has 38 heavy (non-hydrogen) atoms. The molecule has 8 nitrogen and oxygen atoms in total. The molecule has 200 valence electrons. The summed E-state index contributed by atoms with van der Waals surface area (Å²) in [6.45, 7) is 3.17. The number of nitrogens with zero attached hydrogens (tertiary/aromatic N) is 3. The Morgan fingerprint density at radius 3 is 2.08 bits per heavy atom. The highest BCUT2D eigenvalue weighted by Gasteiger charge is 2.28. The first kappa shape index (κ1) is 26.1. The highest BCUT2D eigenvalue weighted by atomic mass is 32.2. The lowest BCUT2D eigenvalue weighted by Gasteiger charge is -2.40. The van der Waals surface area contributed by atoms with Gasteiger partial charge in [-0.25, -0.2) is 8.42 Å². The largest absolute Gasteiger partial charge is 0.454 e. The molecular weight excluding hydrogens is 502 g/mol. The predicted molar refractivity (Wildman–Crippen MR) is 147 cm³/mol. The summed E-state index contributed by atoms with van der Waals surface area (Å²) in [5, 5.41) is 0. The van der Waals surface area contributed by atoms with Crippen LogP contribution in [-0.2, 0) is 14.8 Å². The fourth-order valence-electron chi connectivity index (χ4n) is 5.17. The minimum absolute atomic E-state index is 0.0553. The minimum atomic E-state index is -3.52. The third-order valence-corrected chi connectivity index (χ3v) is 8.25. The van der Waals surface area contributed by atoms with Gasteiger partial charge < -0.3 is 14.4 Å². The number of rotatable bonds is 9. The molecule has 0 bridgehead atoms. The number of sulfonamides is 1. The molecule has 0 aromatic heterocycles. The number of fused-ring (bicyclic) bond motifs is 1. The molecule has 0 saturated carbocycles. The molecule has 0 spiro atoms. The van der Waals surface area contributed by atoms with Gasteiger partial charge in [-0.2, -0.15) is 0 Å². The van der Waals surface area contributed by atoms with Crippen LogP contribution in [-0.4, -0.2) is 69.9 Å². The highest BCUT2D eigenvalue weighted by molar-refractivity contribution is 7.92. The van der Waals surface area contributed by atoms with Crippen molar-refractivity contribution in [2.24, 2.45) is 0 Å². The van der Waals surface area contributed by atoms with E-state index in [9.17, 15) is 13.2 Å². The molecule has 0 aliphatic carbocycles. The van der Waals surface area contributed by atoms with Crippen molar-refractivity contribution in [1.82, 2.24) is 9.80 Å². The van der Waals surface area contributed by atoms with Crippen LogP contribution in [0.1, 0.15) is 30.0 Å². The van der Waals surface area contributed by atoms with Gasteiger partial charge in [0.2, 0.25) is 22.7 Å². The third-order valence-electron chi connectivity index (χ3n) is 7.06. The lowest BCUT2D eigenvalue weighted by Crippen LogP contribution is -2.50. The number of anilines is 1. The Morgan fingerprint density at radius 2 is 1.47 bits per heavy atom. The van der Waals surface area contributed by atoms with Gasteiger partial charge in [0.1, 0.15) is 0 Å². The Bertz CT molecular complexity index is 1300. The van der Waals surface area contributed by atoms with Gasteiger partial charge in [-0.1, -0.05) is 60.7 Å². The van der Waals surface area contributed by atoms with Gasteiger partial charge in [0.05, 0.1) is 18.0 Å². The summed E-state index contributed by atoms with van der Waals surface area (Å²) in [7, 11) is -3.52. The molecule has 2 heterocycles. The van der Waals surface area contributed by atoms with Crippen molar-refractivity contribution in [3.63, 3.8) is 0 Å². The Hall–Kier alpha value is -3.56. The molecule has 5 rings (SSSR count). The van der Waals surface area contributed by atoms with E-state index in [4.69, 9.17) is 9.47 Å². The molecule has 0 radical (unpaired) electrons. The van der Waals surface area contributed by atoms with E-state index < -0.39 is 10.0 Å². The van der Waals surface area contributed by atoms with Crippen LogP contribution in [0.15, 0.2) is 78.9 Å². The maximum atomic E-state index is 13.0. The molecule has 0 atom stereocenters. The first-order chi connectivity index (χ1) is 18.4. The average Bonchev–Trinajstić information content (AvgIpc) is 3.40. The van der Waals surface area contributed by atoms with Gasteiger partial charge >= 0.3 is 0 Å². The SMILES string of the molecule is CS(=O)(=O)N(CCCC(=O)N1CCN(C(c2ccccc2)c2ccccc2)CC1)c1ccc2c(c1)OCO2. The minimum Gasteiger partial charge on any atom is -0.454 e. The molecule has 2 aliphatic heterocycles. The summed E-state index contributed by atoms with van der Waals surface area (Å²) in [6, 6.07) is 26.1. The summed E-state index contributed by atoms with van der Waals surface area (Å²) in [4.78, 5) is 17.4. The topological polar surface area (TPSA) is 79.4 Å². The van der Waals surface area contributed by atoms with E-state index in [1.807, 2.05) is 17.0 Å². The first-order valence-corrected chi connectivity index (χ1v) is 14.7. The van der Waals surface area contributed by atoms with Crippen LogP contribution in [0.3, 0.4) is 0 Å². The van der Waals surface area contributed by atoms with E-state index in [2.05, 4.69) is 53.4 Å². The van der Waals surface area contributed by atoms with Gasteiger partial charge in [0.15, 0.2) is 11.5 Å². The fraction of sp³-hybridized carbons (Fsp3) is 0.345. The van der Waals surface area contributed by atoms with Crippen LogP contribution >= 0.6 is 0 Å². The lowest BCUT2D eigenvalue weighted by molar-refractivity contribution is -0.133. The van der Waals surface area contributed by atoms with Crippen molar-refractivity contribution < 1.29 is 22.7 Å². The zero-order chi connectivity index (χ0) is 26.5. The molecule has 1 amide bonds. The quantitative estimate of drug-likeness (QED) is 0.414. The Labute approximate surface area is 224 Å². The molecule has 1 fully saturated rings. The van der Waals surface area contributed by atoms with Crippen molar-refractivity contribution in [1.29, 1.82) is 0 Å². The fourth-order valence-corrected chi connectivity index (χ4v) is 6.13. The van der Waals surface area contributed by atoms with Gasteiger partial charge in [0.25, 0.3) is 0 Å². The number of piperazine rings is 1. The summed E-state index contributed by atoms with van der Waals surface area (Å²) < 4.78 is 37.0. The van der Waals surface area contributed by atoms with Gasteiger partial charge in [-0.15, -0.1) is 0 Å². The number of benzene rings is 3. The number of amides is 1.